The number of benzene rings is 1. The van der Waals surface area contributed by atoms with Crippen molar-refractivity contribution in [2.75, 3.05) is 11.9 Å². The van der Waals surface area contributed by atoms with Crippen LogP contribution in [0.3, 0.4) is 0 Å². The third kappa shape index (κ3) is 5.17. The number of anilines is 1. The van der Waals surface area contributed by atoms with Crippen molar-refractivity contribution in [3.05, 3.63) is 53.9 Å². The van der Waals surface area contributed by atoms with Crippen LogP contribution in [0.25, 0.3) is 0 Å². The molecule has 1 heterocycles. The lowest BCUT2D eigenvalue weighted by molar-refractivity contribution is -0.133. The Morgan fingerprint density at radius 2 is 2.00 bits per heavy atom. The number of carbonyl (C=O) groups excluding carboxylic acids is 2. The molecule has 1 aliphatic carbocycles. The topological polar surface area (TPSA) is 57.6 Å². The number of aromatic nitrogens is 1. The van der Waals surface area contributed by atoms with E-state index >= 15 is 0 Å². The summed E-state index contributed by atoms with van der Waals surface area (Å²) >= 11 is 0. The van der Waals surface area contributed by atoms with Crippen LogP contribution in [0.4, 0.5) is 19.3 Å². The second kappa shape index (κ2) is 9.28. The Balaban J connectivity index is 1.73. The van der Waals surface area contributed by atoms with Crippen molar-refractivity contribution in [2.24, 2.45) is 7.05 Å². The molecular weight excluding hydrogens is 390 g/mol. The summed E-state index contributed by atoms with van der Waals surface area (Å²) in [6.45, 7) is 4.13. The van der Waals surface area contributed by atoms with Gasteiger partial charge in [0.1, 0.15) is 18.2 Å². The van der Waals surface area contributed by atoms with Crippen LogP contribution < -0.4 is 5.32 Å². The van der Waals surface area contributed by atoms with Gasteiger partial charge in [0.25, 0.3) is 0 Å². The van der Waals surface area contributed by atoms with Crippen molar-refractivity contribution in [1.82, 2.24) is 14.4 Å². The van der Waals surface area contributed by atoms with Crippen LogP contribution >= 0.6 is 0 Å². The summed E-state index contributed by atoms with van der Waals surface area (Å²) in [5.41, 5.74) is 0.896. The molecule has 0 unspecified atom stereocenters. The molecule has 0 saturated heterocycles. The van der Waals surface area contributed by atoms with Crippen molar-refractivity contribution in [3.8, 4) is 0 Å². The normalized spacial score (nSPS) is 14.3. The minimum absolute atomic E-state index is 0.107. The summed E-state index contributed by atoms with van der Waals surface area (Å²) in [7, 11) is 1.93. The lowest BCUT2D eigenvalue weighted by Gasteiger charge is -2.31. The number of hydrogen-bond donors (Lipinski definition) is 1. The number of urea groups is 1. The second-order valence-electron chi connectivity index (χ2n) is 7.80. The van der Waals surface area contributed by atoms with Gasteiger partial charge in [0, 0.05) is 37.1 Å². The molecule has 1 aromatic carbocycles. The summed E-state index contributed by atoms with van der Waals surface area (Å²) < 4.78 is 29.1. The van der Waals surface area contributed by atoms with Gasteiger partial charge in [0.2, 0.25) is 5.91 Å². The van der Waals surface area contributed by atoms with Crippen molar-refractivity contribution < 1.29 is 18.4 Å². The average molecular weight is 418 g/mol. The molecule has 3 rings (SSSR count). The van der Waals surface area contributed by atoms with E-state index in [1.54, 1.807) is 0 Å². The SMILES string of the molecule is CC[C@H](C)N(CC(=O)N(Cc1cccn1C)C1CC1)C(=O)Nc1ccc(F)cc1F. The number of rotatable bonds is 8. The van der Waals surface area contributed by atoms with Gasteiger partial charge in [-0.3, -0.25) is 4.79 Å². The van der Waals surface area contributed by atoms with Gasteiger partial charge in [0.05, 0.1) is 12.2 Å². The number of hydrogen-bond acceptors (Lipinski definition) is 2. The Kier molecular flexibility index (Phi) is 6.74. The number of amides is 3. The maximum atomic E-state index is 14.0. The Hall–Kier alpha value is -2.90. The van der Waals surface area contributed by atoms with Crippen LogP contribution in [0, 0.1) is 11.6 Å². The van der Waals surface area contributed by atoms with Gasteiger partial charge in [-0.15, -0.1) is 0 Å². The summed E-state index contributed by atoms with van der Waals surface area (Å²) in [6.07, 6.45) is 4.47. The monoisotopic (exact) mass is 418 g/mol. The molecule has 0 aliphatic heterocycles. The molecule has 2 aromatic rings. The standard InChI is InChI=1S/C22H28F2N4O2/c1-4-15(2)27(22(30)25-20-10-7-16(23)12-19(20)24)14-21(29)28(17-8-9-17)13-18-6-5-11-26(18)3/h5-7,10-12,15,17H,4,8-9,13-14H2,1-3H3,(H,25,30)/t15-/m0/s1. The number of halogens is 2. The molecule has 3 amide bonds. The van der Waals surface area contributed by atoms with Crippen molar-refractivity contribution in [2.45, 2.75) is 51.7 Å². The third-order valence-electron chi connectivity index (χ3n) is 5.55. The fourth-order valence-corrected chi connectivity index (χ4v) is 3.31. The van der Waals surface area contributed by atoms with E-state index < -0.39 is 17.7 Å². The Labute approximate surface area is 175 Å². The van der Waals surface area contributed by atoms with E-state index in [-0.39, 0.29) is 30.2 Å². The van der Waals surface area contributed by atoms with E-state index in [0.29, 0.717) is 19.0 Å². The zero-order chi connectivity index (χ0) is 21.8. The number of nitrogens with one attached hydrogen (secondary N) is 1. The van der Waals surface area contributed by atoms with E-state index in [1.165, 1.54) is 11.0 Å². The molecule has 6 nitrogen and oxygen atoms in total. The van der Waals surface area contributed by atoms with E-state index in [2.05, 4.69) is 5.32 Å². The number of aryl methyl sites for hydroxylation is 1. The molecule has 0 radical (unpaired) electrons. The molecule has 8 heteroatoms. The molecule has 1 atom stereocenters. The number of carbonyl (C=O) groups is 2. The zero-order valence-electron chi connectivity index (χ0n) is 17.6. The fourth-order valence-electron chi connectivity index (χ4n) is 3.31. The highest BCUT2D eigenvalue weighted by Crippen LogP contribution is 2.29. The van der Waals surface area contributed by atoms with Crippen molar-refractivity contribution in [1.29, 1.82) is 0 Å². The predicted molar refractivity (Wildman–Crippen MR) is 111 cm³/mol. The maximum absolute atomic E-state index is 14.0. The van der Waals surface area contributed by atoms with Gasteiger partial charge >= 0.3 is 6.03 Å². The fraction of sp³-hybridized carbons (Fsp3) is 0.455. The van der Waals surface area contributed by atoms with Gasteiger partial charge < -0.3 is 19.7 Å². The summed E-state index contributed by atoms with van der Waals surface area (Å²) in [4.78, 5) is 29.2. The van der Waals surface area contributed by atoms with Crippen LogP contribution in [0.1, 0.15) is 38.8 Å². The molecule has 1 N–H and O–H groups in total. The van der Waals surface area contributed by atoms with E-state index in [0.717, 1.165) is 24.6 Å². The van der Waals surface area contributed by atoms with Crippen LogP contribution in [0.15, 0.2) is 36.5 Å². The van der Waals surface area contributed by atoms with Gasteiger partial charge in [-0.25, -0.2) is 13.6 Å². The highest BCUT2D eigenvalue weighted by molar-refractivity contribution is 5.92. The Morgan fingerprint density at radius 3 is 2.57 bits per heavy atom. The smallest absolute Gasteiger partial charge is 0.322 e. The molecular formula is C22H28F2N4O2. The van der Waals surface area contributed by atoms with Crippen molar-refractivity contribution >= 4 is 17.6 Å². The quantitative estimate of drug-likeness (QED) is 0.701. The van der Waals surface area contributed by atoms with Crippen LogP contribution in [0.5, 0.6) is 0 Å². The van der Waals surface area contributed by atoms with Gasteiger partial charge in [-0.2, -0.15) is 0 Å². The first kappa shape index (κ1) is 21.8. The molecule has 0 spiro atoms. The summed E-state index contributed by atoms with van der Waals surface area (Å²) in [5.74, 6) is -1.73. The molecule has 0 bridgehead atoms. The molecule has 30 heavy (non-hydrogen) atoms. The van der Waals surface area contributed by atoms with Crippen LogP contribution in [0.2, 0.25) is 0 Å². The molecule has 1 fully saturated rings. The maximum Gasteiger partial charge on any atom is 0.322 e. The molecule has 162 valence electrons. The average Bonchev–Trinajstić information content (AvgIpc) is 3.47. The lowest BCUT2D eigenvalue weighted by Crippen LogP contribution is -2.48. The van der Waals surface area contributed by atoms with Gasteiger partial charge in [-0.05, 0) is 50.5 Å². The van der Waals surface area contributed by atoms with Gasteiger partial charge in [0.15, 0.2) is 0 Å². The second-order valence-corrected chi connectivity index (χ2v) is 7.80. The van der Waals surface area contributed by atoms with E-state index in [1.807, 2.05) is 48.7 Å². The van der Waals surface area contributed by atoms with E-state index in [4.69, 9.17) is 0 Å². The van der Waals surface area contributed by atoms with E-state index in [9.17, 15) is 18.4 Å². The van der Waals surface area contributed by atoms with Crippen LogP contribution in [-0.2, 0) is 18.4 Å². The third-order valence-corrected chi connectivity index (χ3v) is 5.55. The van der Waals surface area contributed by atoms with Crippen molar-refractivity contribution in [3.63, 3.8) is 0 Å². The highest BCUT2D eigenvalue weighted by atomic mass is 19.1. The minimum Gasteiger partial charge on any atom is -0.353 e. The first-order valence-electron chi connectivity index (χ1n) is 10.2. The predicted octanol–water partition coefficient (Wildman–Crippen LogP) is 4.13. The first-order valence-corrected chi connectivity index (χ1v) is 10.2. The molecule has 1 aliphatic rings. The number of nitrogens with zero attached hydrogens (tertiary/aromatic N) is 3. The van der Waals surface area contributed by atoms with Gasteiger partial charge in [-0.1, -0.05) is 6.92 Å². The molecule has 1 saturated carbocycles. The van der Waals surface area contributed by atoms with Crippen LogP contribution in [-0.4, -0.2) is 44.9 Å². The largest absolute Gasteiger partial charge is 0.353 e. The Morgan fingerprint density at radius 1 is 1.27 bits per heavy atom. The molecule has 1 aromatic heterocycles. The summed E-state index contributed by atoms with van der Waals surface area (Å²) in [5, 5.41) is 2.47. The Bertz CT molecular complexity index is 910. The highest BCUT2D eigenvalue weighted by Gasteiger charge is 2.35. The lowest BCUT2D eigenvalue weighted by atomic mass is 10.2. The summed E-state index contributed by atoms with van der Waals surface area (Å²) in [6, 6.07) is 6.23. The minimum atomic E-state index is -0.859. The zero-order valence-corrected chi connectivity index (χ0v) is 17.6. The first-order chi connectivity index (χ1) is 14.3.